The van der Waals surface area contributed by atoms with E-state index in [0.29, 0.717) is 71.3 Å². The Balaban J connectivity index is 1.03. The summed E-state index contributed by atoms with van der Waals surface area (Å²) in [6, 6.07) is 9.73. The van der Waals surface area contributed by atoms with E-state index in [-0.39, 0.29) is 54.2 Å². The monoisotopic (exact) mass is 861 g/mol. The fourth-order valence-corrected chi connectivity index (χ4v) is 9.00. The zero-order valence-electron chi connectivity index (χ0n) is 34.5. The van der Waals surface area contributed by atoms with Gasteiger partial charge >= 0.3 is 24.3 Å². The van der Waals surface area contributed by atoms with Crippen molar-refractivity contribution < 1.29 is 41.8 Å². The predicted octanol–water partition coefficient (Wildman–Crippen LogP) is 6.67. The highest BCUT2D eigenvalue weighted by Crippen LogP contribution is 2.38. The molecule has 3 fully saturated rings. The number of nitrogens with zero attached hydrogens (tertiary/aromatic N) is 5. The minimum atomic E-state index is -4.79. The summed E-state index contributed by atoms with van der Waals surface area (Å²) >= 11 is 6.15. The summed E-state index contributed by atoms with van der Waals surface area (Å²) in [7, 11) is 0. The van der Waals surface area contributed by atoms with Crippen LogP contribution in [0.1, 0.15) is 81.4 Å². The van der Waals surface area contributed by atoms with Crippen molar-refractivity contribution in [3.63, 3.8) is 0 Å². The summed E-state index contributed by atoms with van der Waals surface area (Å²) in [5.41, 5.74) is 5.86. The fraction of sp³-hybridized carbons (Fsp3) is 0.628. The van der Waals surface area contributed by atoms with Crippen molar-refractivity contribution in [2.45, 2.75) is 102 Å². The number of esters is 1. The average Bonchev–Trinajstić information content (AvgIpc) is 3.41. The molecule has 0 aromatic heterocycles. The molecule has 0 radical (unpaired) electrons. The molecule has 330 valence electrons. The van der Waals surface area contributed by atoms with Crippen molar-refractivity contribution in [3.8, 4) is 0 Å². The van der Waals surface area contributed by atoms with Crippen LogP contribution in [0.4, 0.5) is 34.1 Å². The number of carbonyl (C=O) groups excluding carboxylic acids is 4. The van der Waals surface area contributed by atoms with E-state index >= 15 is 0 Å². The molecule has 17 heteroatoms. The molecule has 0 saturated carbocycles. The summed E-state index contributed by atoms with van der Waals surface area (Å²) in [5.74, 6) is -0.647. The molecular formula is C43H59ClF3N7O6. The Bertz CT molecular complexity index is 1800. The number of nitrogens with one attached hydrogen (secondary N) is 1. The number of likely N-dealkylation sites (tertiary alicyclic amines) is 2. The van der Waals surface area contributed by atoms with E-state index in [1.807, 2.05) is 24.3 Å². The van der Waals surface area contributed by atoms with Crippen molar-refractivity contribution in [3.05, 3.63) is 58.1 Å². The molecule has 13 nitrogen and oxygen atoms in total. The van der Waals surface area contributed by atoms with Crippen LogP contribution in [0, 0.1) is 0 Å². The first-order chi connectivity index (χ1) is 28.8. The number of alkyl halides is 3. The Morgan fingerprint density at radius 2 is 1.58 bits per heavy atom. The average molecular weight is 862 g/mol. The number of fused-ring (bicyclic) bond motifs is 1. The first kappa shape index (κ1) is 45.3. The molecule has 3 saturated heterocycles. The standard InChI is InChI=1S/C43H59ClF3N7O6/c1-2-3-4-7-26-59-38(55)15-16-50-22-24-51(25-23-50)32-11-17-52(18-12-32)40(56)37(29-30-27-34(43(45,46)47)39(48)35(44)28-30)60-42(58)53-19-13-33(14-20-53)54-21-10-31-8-5-6-9-36(31)49-41(54)57/h5-6,8-9,27-28,32-33,37H,2-4,7,10-26,29,48H2,1H3,(H,49,57)/t37-/m1/s1. The first-order valence-corrected chi connectivity index (χ1v) is 21.9. The molecule has 4 aliphatic heterocycles. The normalized spacial score (nSPS) is 19.4. The minimum Gasteiger partial charge on any atom is -0.466 e. The molecule has 6 rings (SSSR count). The molecule has 2 aromatic rings. The van der Waals surface area contributed by atoms with Crippen molar-refractivity contribution in [1.29, 1.82) is 0 Å². The second kappa shape index (κ2) is 21.0. The summed E-state index contributed by atoms with van der Waals surface area (Å²) in [5, 5.41) is 2.68. The van der Waals surface area contributed by atoms with Gasteiger partial charge in [-0.15, -0.1) is 0 Å². The predicted molar refractivity (Wildman–Crippen MR) is 223 cm³/mol. The SMILES string of the molecule is CCCCCCOC(=O)CCN1CCN(C2CCN(C(=O)[C@@H](Cc3cc(Cl)c(N)c(C(F)(F)F)c3)OC(=O)N3CCC(N4CCc5ccccc5NC4=O)CC3)CC2)CC1. The lowest BCUT2D eigenvalue weighted by Gasteiger charge is -2.43. The number of nitrogen functional groups attached to an aromatic ring is 1. The Kier molecular flexibility index (Phi) is 15.8. The Morgan fingerprint density at radius 1 is 0.900 bits per heavy atom. The quantitative estimate of drug-likeness (QED) is 0.121. The van der Waals surface area contributed by atoms with Crippen LogP contribution in [-0.2, 0) is 38.1 Å². The van der Waals surface area contributed by atoms with E-state index in [4.69, 9.17) is 26.8 Å². The molecule has 4 aliphatic rings. The van der Waals surface area contributed by atoms with Crippen LogP contribution >= 0.6 is 11.6 Å². The second-order valence-electron chi connectivity index (χ2n) is 16.3. The second-order valence-corrected chi connectivity index (χ2v) is 16.7. The van der Waals surface area contributed by atoms with E-state index in [2.05, 4.69) is 22.0 Å². The lowest BCUT2D eigenvalue weighted by molar-refractivity contribution is -0.144. The maximum atomic E-state index is 14.2. The number of ether oxygens (including phenoxy) is 2. The number of piperidine rings is 2. The smallest absolute Gasteiger partial charge is 0.418 e. The first-order valence-electron chi connectivity index (χ1n) is 21.5. The van der Waals surface area contributed by atoms with E-state index in [0.717, 1.165) is 69.2 Å². The topological polar surface area (TPSA) is 141 Å². The molecule has 1 atom stereocenters. The van der Waals surface area contributed by atoms with Gasteiger partial charge < -0.3 is 40.1 Å². The Hall–Kier alpha value is -4.28. The number of piperazine rings is 1. The third-order valence-electron chi connectivity index (χ3n) is 12.3. The number of urea groups is 1. The fourth-order valence-electron chi connectivity index (χ4n) is 8.76. The highest BCUT2D eigenvalue weighted by molar-refractivity contribution is 6.33. The maximum Gasteiger partial charge on any atom is 0.418 e. The number of halogens is 4. The number of nitrogens with two attached hydrogens (primary N) is 1. The highest BCUT2D eigenvalue weighted by atomic mass is 35.5. The Labute approximate surface area is 355 Å². The molecule has 0 bridgehead atoms. The van der Waals surface area contributed by atoms with Gasteiger partial charge in [-0.05, 0) is 67.9 Å². The number of benzene rings is 2. The number of anilines is 2. The van der Waals surface area contributed by atoms with Crippen LogP contribution in [-0.4, -0.2) is 139 Å². The summed E-state index contributed by atoms with van der Waals surface area (Å²) in [6.45, 7) is 8.44. The van der Waals surface area contributed by atoms with Crippen LogP contribution in [0.25, 0.3) is 0 Å². The number of rotatable bonds is 14. The number of carbonyl (C=O) groups is 4. The lowest BCUT2D eigenvalue weighted by atomic mass is 9.99. The number of amides is 4. The van der Waals surface area contributed by atoms with Gasteiger partial charge in [0, 0.05) is 89.6 Å². The van der Waals surface area contributed by atoms with Crippen LogP contribution in [0.5, 0.6) is 0 Å². The van der Waals surface area contributed by atoms with Gasteiger partial charge in [0.1, 0.15) is 0 Å². The van der Waals surface area contributed by atoms with Gasteiger partial charge in [-0.25, -0.2) is 9.59 Å². The van der Waals surface area contributed by atoms with Gasteiger partial charge in [0.15, 0.2) is 6.10 Å². The molecule has 2 aromatic carbocycles. The van der Waals surface area contributed by atoms with Gasteiger partial charge in [-0.2, -0.15) is 13.2 Å². The summed E-state index contributed by atoms with van der Waals surface area (Å²) < 4.78 is 53.1. The minimum absolute atomic E-state index is 0.0625. The molecular weight excluding hydrogens is 803 g/mol. The zero-order valence-corrected chi connectivity index (χ0v) is 35.3. The van der Waals surface area contributed by atoms with Crippen LogP contribution < -0.4 is 11.1 Å². The van der Waals surface area contributed by atoms with Crippen molar-refractivity contribution in [2.24, 2.45) is 0 Å². The third kappa shape index (κ3) is 12.0. The van der Waals surface area contributed by atoms with E-state index in [9.17, 15) is 32.3 Å². The molecule has 0 unspecified atom stereocenters. The van der Waals surface area contributed by atoms with E-state index in [1.54, 1.807) is 9.80 Å². The van der Waals surface area contributed by atoms with Gasteiger partial charge in [0.05, 0.1) is 29.3 Å². The molecule has 4 heterocycles. The van der Waals surface area contributed by atoms with Gasteiger partial charge in [0.25, 0.3) is 5.91 Å². The van der Waals surface area contributed by atoms with Crippen LogP contribution in [0.15, 0.2) is 36.4 Å². The van der Waals surface area contributed by atoms with Gasteiger partial charge in [0.2, 0.25) is 0 Å². The number of hydrogen-bond acceptors (Lipinski definition) is 9. The Morgan fingerprint density at radius 3 is 2.28 bits per heavy atom. The van der Waals surface area contributed by atoms with E-state index in [1.165, 1.54) is 11.0 Å². The van der Waals surface area contributed by atoms with Crippen molar-refractivity contribution >= 4 is 47.0 Å². The van der Waals surface area contributed by atoms with Gasteiger partial charge in [-0.1, -0.05) is 56.0 Å². The van der Waals surface area contributed by atoms with E-state index < -0.39 is 35.5 Å². The van der Waals surface area contributed by atoms with Crippen molar-refractivity contribution in [2.75, 3.05) is 83.1 Å². The zero-order chi connectivity index (χ0) is 42.8. The lowest BCUT2D eigenvalue weighted by Crippen LogP contribution is -2.55. The summed E-state index contributed by atoms with van der Waals surface area (Å²) in [4.78, 5) is 62.9. The third-order valence-corrected chi connectivity index (χ3v) is 12.6. The van der Waals surface area contributed by atoms with Gasteiger partial charge in [-0.3, -0.25) is 14.5 Å². The number of hydrogen-bond donors (Lipinski definition) is 2. The molecule has 3 N–H and O–H groups in total. The maximum absolute atomic E-state index is 14.2. The molecule has 0 aliphatic carbocycles. The molecule has 4 amide bonds. The number of unbranched alkanes of at least 4 members (excludes halogenated alkanes) is 3. The highest BCUT2D eigenvalue weighted by Gasteiger charge is 2.38. The number of para-hydroxylation sites is 1. The van der Waals surface area contributed by atoms with Crippen molar-refractivity contribution in [1.82, 2.24) is 24.5 Å². The summed E-state index contributed by atoms with van der Waals surface area (Å²) in [6.07, 6.45) is 0.389. The largest absolute Gasteiger partial charge is 0.466 e. The van der Waals surface area contributed by atoms with Crippen LogP contribution in [0.2, 0.25) is 5.02 Å². The molecule has 60 heavy (non-hydrogen) atoms. The van der Waals surface area contributed by atoms with Crippen LogP contribution in [0.3, 0.4) is 0 Å². The molecule has 0 spiro atoms.